The maximum atomic E-state index is 12.1. The van der Waals surface area contributed by atoms with E-state index >= 15 is 0 Å². The first-order chi connectivity index (χ1) is 14.5. The van der Waals surface area contributed by atoms with Gasteiger partial charge in [-0.3, -0.25) is 4.79 Å². The van der Waals surface area contributed by atoms with Gasteiger partial charge in [-0.2, -0.15) is 5.10 Å². The van der Waals surface area contributed by atoms with E-state index in [0.717, 1.165) is 16.5 Å². The number of carbonyl (C=O) groups excluding carboxylic acids is 1. The molecule has 7 heteroatoms. The zero-order valence-corrected chi connectivity index (χ0v) is 20.2. The molecule has 1 amide bonds. The molecule has 0 radical (unpaired) electrons. The smallest absolute Gasteiger partial charge is 0.277 e. The molecule has 0 spiro atoms. The molecule has 0 fully saturated rings. The fraction of sp³-hybridized carbons (Fsp3) is 0.417. The van der Waals surface area contributed by atoms with E-state index in [4.69, 9.17) is 14.2 Å². The lowest BCUT2D eigenvalue weighted by Crippen LogP contribution is -2.25. The Hall–Kier alpha value is -2.54. The summed E-state index contributed by atoms with van der Waals surface area (Å²) in [7, 11) is 0. The number of benzene rings is 2. The van der Waals surface area contributed by atoms with Gasteiger partial charge in [-0.25, -0.2) is 5.43 Å². The SMILES string of the molecule is CC(C)(C)CC(C)(C)c1ccc(OCC(=O)NN=Cc2cc3c(cc2Br)OCO3)cc1. The summed E-state index contributed by atoms with van der Waals surface area (Å²) in [6, 6.07) is 11.5. The van der Waals surface area contributed by atoms with Crippen LogP contribution in [0.25, 0.3) is 0 Å². The molecule has 1 N–H and O–H groups in total. The topological polar surface area (TPSA) is 69.2 Å². The third-order valence-corrected chi connectivity index (χ3v) is 5.55. The second-order valence-electron chi connectivity index (χ2n) is 9.45. The van der Waals surface area contributed by atoms with Crippen molar-refractivity contribution >= 4 is 28.1 Å². The van der Waals surface area contributed by atoms with Crippen LogP contribution in [-0.4, -0.2) is 25.5 Å². The molecule has 31 heavy (non-hydrogen) atoms. The van der Waals surface area contributed by atoms with Crippen LogP contribution in [0.15, 0.2) is 46.0 Å². The van der Waals surface area contributed by atoms with Crippen molar-refractivity contribution in [2.75, 3.05) is 13.4 Å². The van der Waals surface area contributed by atoms with Gasteiger partial charge in [0.15, 0.2) is 18.1 Å². The molecule has 2 aromatic carbocycles. The van der Waals surface area contributed by atoms with Gasteiger partial charge >= 0.3 is 0 Å². The van der Waals surface area contributed by atoms with Gasteiger partial charge in [-0.05, 0) is 63.0 Å². The Morgan fingerprint density at radius 2 is 1.77 bits per heavy atom. The summed E-state index contributed by atoms with van der Waals surface area (Å²) >= 11 is 3.45. The van der Waals surface area contributed by atoms with E-state index in [1.54, 1.807) is 12.1 Å². The number of nitrogens with zero attached hydrogens (tertiary/aromatic N) is 1. The maximum Gasteiger partial charge on any atom is 0.277 e. The van der Waals surface area contributed by atoms with Crippen molar-refractivity contribution in [3.63, 3.8) is 0 Å². The van der Waals surface area contributed by atoms with E-state index in [0.29, 0.717) is 17.2 Å². The average molecular weight is 489 g/mol. The lowest BCUT2D eigenvalue weighted by molar-refractivity contribution is -0.123. The van der Waals surface area contributed by atoms with Gasteiger partial charge in [-0.15, -0.1) is 0 Å². The molecule has 0 aromatic heterocycles. The summed E-state index contributed by atoms with van der Waals surface area (Å²) in [4.78, 5) is 12.1. The minimum absolute atomic E-state index is 0.0614. The number of carbonyl (C=O) groups is 1. The van der Waals surface area contributed by atoms with Gasteiger partial charge in [0.2, 0.25) is 6.79 Å². The predicted octanol–water partition coefficient (Wildman–Crippen LogP) is 5.42. The summed E-state index contributed by atoms with van der Waals surface area (Å²) in [5.74, 6) is 1.63. The Kier molecular flexibility index (Phi) is 6.94. The molecule has 0 aliphatic carbocycles. The minimum Gasteiger partial charge on any atom is -0.484 e. The van der Waals surface area contributed by atoms with Gasteiger partial charge in [0.25, 0.3) is 5.91 Å². The van der Waals surface area contributed by atoms with Crippen molar-refractivity contribution in [2.24, 2.45) is 10.5 Å². The average Bonchev–Trinajstić information content (AvgIpc) is 3.12. The molecule has 166 valence electrons. The number of hydrogen-bond acceptors (Lipinski definition) is 5. The van der Waals surface area contributed by atoms with Crippen LogP contribution in [0.4, 0.5) is 0 Å². The number of rotatable bonds is 7. The van der Waals surface area contributed by atoms with Crippen LogP contribution in [0.2, 0.25) is 0 Å². The molecular formula is C24H29BrN2O4. The van der Waals surface area contributed by atoms with Gasteiger partial charge in [0, 0.05) is 10.0 Å². The second-order valence-corrected chi connectivity index (χ2v) is 10.3. The van der Waals surface area contributed by atoms with Crippen molar-refractivity contribution < 1.29 is 19.0 Å². The fourth-order valence-corrected chi connectivity index (χ4v) is 4.24. The Labute approximate surface area is 192 Å². The summed E-state index contributed by atoms with van der Waals surface area (Å²) in [6.07, 6.45) is 2.61. The minimum atomic E-state index is -0.342. The number of halogens is 1. The number of ether oxygens (including phenoxy) is 3. The molecule has 0 unspecified atom stereocenters. The van der Waals surface area contributed by atoms with E-state index in [9.17, 15) is 4.79 Å². The summed E-state index contributed by atoms with van der Waals surface area (Å²) in [6.45, 7) is 11.3. The zero-order valence-electron chi connectivity index (χ0n) is 18.6. The van der Waals surface area contributed by atoms with Crippen molar-refractivity contribution in [2.45, 2.75) is 46.5 Å². The van der Waals surface area contributed by atoms with E-state index in [1.165, 1.54) is 11.8 Å². The van der Waals surface area contributed by atoms with E-state index < -0.39 is 0 Å². The summed E-state index contributed by atoms with van der Waals surface area (Å²) in [5.41, 5.74) is 4.79. The number of hydrazone groups is 1. The van der Waals surface area contributed by atoms with E-state index in [1.807, 2.05) is 12.1 Å². The lowest BCUT2D eigenvalue weighted by atomic mass is 9.72. The van der Waals surface area contributed by atoms with Crippen molar-refractivity contribution in [3.8, 4) is 17.2 Å². The number of fused-ring (bicyclic) bond motifs is 1. The lowest BCUT2D eigenvalue weighted by Gasteiger charge is -2.33. The Balaban J connectivity index is 1.50. The van der Waals surface area contributed by atoms with Crippen LogP contribution in [0, 0.1) is 5.41 Å². The normalized spacial score (nSPS) is 13.5. The zero-order chi connectivity index (χ0) is 22.6. The van der Waals surface area contributed by atoms with Crippen LogP contribution in [0.1, 0.15) is 52.2 Å². The highest BCUT2D eigenvalue weighted by atomic mass is 79.9. The highest BCUT2D eigenvalue weighted by Crippen LogP contribution is 2.37. The third kappa shape index (κ3) is 6.47. The third-order valence-electron chi connectivity index (χ3n) is 4.86. The summed E-state index contributed by atoms with van der Waals surface area (Å²) < 4.78 is 17.0. The molecule has 1 aliphatic rings. The van der Waals surface area contributed by atoms with Crippen LogP contribution in [-0.2, 0) is 10.2 Å². The van der Waals surface area contributed by atoms with Crippen molar-refractivity contribution in [3.05, 3.63) is 52.0 Å². The molecule has 1 heterocycles. The molecule has 0 bridgehead atoms. The van der Waals surface area contributed by atoms with Crippen LogP contribution in [0.3, 0.4) is 0 Å². The number of hydrogen-bond donors (Lipinski definition) is 1. The maximum absolute atomic E-state index is 12.1. The molecule has 2 aromatic rings. The summed E-state index contributed by atoms with van der Waals surface area (Å²) in [5, 5.41) is 3.99. The number of nitrogens with one attached hydrogen (secondary N) is 1. The molecule has 0 saturated heterocycles. The van der Waals surface area contributed by atoms with Gasteiger partial charge < -0.3 is 14.2 Å². The standard InChI is InChI=1S/C24H29BrN2O4/c1-23(2,3)14-24(4,5)17-6-8-18(9-7-17)29-13-22(28)27-26-12-16-10-20-21(11-19(16)25)31-15-30-20/h6-12H,13-15H2,1-5H3,(H,27,28). The van der Waals surface area contributed by atoms with E-state index in [-0.39, 0.29) is 30.1 Å². The van der Waals surface area contributed by atoms with Crippen molar-refractivity contribution in [1.82, 2.24) is 5.43 Å². The molecule has 3 rings (SSSR count). The fourth-order valence-electron chi connectivity index (χ4n) is 3.82. The van der Waals surface area contributed by atoms with Crippen LogP contribution in [0.5, 0.6) is 17.2 Å². The first-order valence-corrected chi connectivity index (χ1v) is 11.0. The van der Waals surface area contributed by atoms with E-state index in [2.05, 4.69) is 73.2 Å². The quantitative estimate of drug-likeness (QED) is 0.417. The number of amides is 1. The highest BCUT2D eigenvalue weighted by Gasteiger charge is 2.27. The monoisotopic (exact) mass is 488 g/mol. The Morgan fingerprint density at radius 1 is 1.13 bits per heavy atom. The highest BCUT2D eigenvalue weighted by molar-refractivity contribution is 9.10. The first kappa shape index (κ1) is 23.1. The molecule has 1 aliphatic heterocycles. The Morgan fingerprint density at radius 3 is 2.42 bits per heavy atom. The van der Waals surface area contributed by atoms with Crippen LogP contribution >= 0.6 is 15.9 Å². The van der Waals surface area contributed by atoms with Gasteiger partial charge in [0.05, 0.1) is 6.21 Å². The first-order valence-electron chi connectivity index (χ1n) is 10.2. The van der Waals surface area contributed by atoms with Gasteiger partial charge in [-0.1, -0.05) is 46.8 Å². The predicted molar refractivity (Wildman–Crippen MR) is 125 cm³/mol. The Bertz CT molecular complexity index is 963. The van der Waals surface area contributed by atoms with Crippen LogP contribution < -0.4 is 19.6 Å². The molecule has 0 saturated carbocycles. The largest absolute Gasteiger partial charge is 0.484 e. The molecule has 6 nitrogen and oxygen atoms in total. The molecular weight excluding hydrogens is 460 g/mol. The molecule has 0 atom stereocenters. The van der Waals surface area contributed by atoms with Gasteiger partial charge in [0.1, 0.15) is 5.75 Å². The van der Waals surface area contributed by atoms with Crippen molar-refractivity contribution in [1.29, 1.82) is 0 Å². The second kappa shape index (κ2) is 9.30.